The number of nitrogens with one attached hydrogen (secondary N) is 1. The van der Waals surface area contributed by atoms with Gasteiger partial charge in [-0.15, -0.1) is 0 Å². The molecule has 0 aromatic rings. The highest BCUT2D eigenvalue weighted by molar-refractivity contribution is 4.99. The van der Waals surface area contributed by atoms with Crippen molar-refractivity contribution in [3.63, 3.8) is 0 Å². The molecule has 1 heterocycles. The number of likely N-dealkylation sites (tertiary alicyclic amines) is 1. The largest absolute Gasteiger partial charge is 0.312 e. The first-order chi connectivity index (χ1) is 8.95. The highest BCUT2D eigenvalue weighted by atomic mass is 15.2. The molecule has 112 valence electrons. The Kier molecular flexibility index (Phi) is 4.94. The van der Waals surface area contributed by atoms with Crippen LogP contribution in [0.3, 0.4) is 0 Å². The third-order valence-electron chi connectivity index (χ3n) is 5.64. The minimum Gasteiger partial charge on any atom is -0.312 e. The molecule has 1 saturated carbocycles. The number of likely N-dealkylation sites (N-methyl/N-ethyl adjacent to an activating group) is 1. The van der Waals surface area contributed by atoms with Crippen molar-refractivity contribution >= 4 is 0 Å². The van der Waals surface area contributed by atoms with E-state index < -0.39 is 0 Å². The van der Waals surface area contributed by atoms with Gasteiger partial charge in [-0.05, 0) is 49.6 Å². The van der Waals surface area contributed by atoms with Crippen LogP contribution in [0.4, 0.5) is 0 Å². The maximum Gasteiger partial charge on any atom is 0.0274 e. The Labute approximate surface area is 120 Å². The Morgan fingerprint density at radius 1 is 1.26 bits per heavy atom. The molecule has 0 aromatic heterocycles. The van der Waals surface area contributed by atoms with Crippen LogP contribution in [0.25, 0.3) is 0 Å². The topological polar surface area (TPSA) is 15.3 Å². The lowest BCUT2D eigenvalue weighted by Gasteiger charge is -2.48. The normalized spacial score (nSPS) is 36.0. The summed E-state index contributed by atoms with van der Waals surface area (Å²) in [6.07, 6.45) is 5.59. The molecule has 1 aliphatic carbocycles. The van der Waals surface area contributed by atoms with Crippen molar-refractivity contribution in [1.29, 1.82) is 0 Å². The fourth-order valence-corrected chi connectivity index (χ4v) is 4.30. The Morgan fingerprint density at radius 2 is 2.00 bits per heavy atom. The van der Waals surface area contributed by atoms with E-state index in [9.17, 15) is 0 Å². The lowest BCUT2D eigenvalue weighted by atomic mass is 9.70. The zero-order chi connectivity index (χ0) is 14.0. The summed E-state index contributed by atoms with van der Waals surface area (Å²) in [5.74, 6) is 1.77. The second-order valence-electron chi connectivity index (χ2n) is 7.77. The number of hydrogen-bond donors (Lipinski definition) is 1. The van der Waals surface area contributed by atoms with Crippen LogP contribution in [0.1, 0.15) is 60.3 Å². The van der Waals surface area contributed by atoms with Crippen molar-refractivity contribution in [2.75, 3.05) is 19.6 Å². The van der Waals surface area contributed by atoms with Gasteiger partial charge < -0.3 is 5.32 Å². The van der Waals surface area contributed by atoms with Crippen LogP contribution in [0.5, 0.6) is 0 Å². The first-order valence-corrected chi connectivity index (χ1v) is 8.43. The van der Waals surface area contributed by atoms with Crippen LogP contribution >= 0.6 is 0 Å². The zero-order valence-electron chi connectivity index (χ0n) is 13.7. The Bertz CT molecular complexity index is 285. The molecule has 2 heteroatoms. The minimum atomic E-state index is 0.453. The predicted molar refractivity (Wildman–Crippen MR) is 83.4 cm³/mol. The number of rotatable bonds is 4. The monoisotopic (exact) mass is 266 g/mol. The summed E-state index contributed by atoms with van der Waals surface area (Å²) in [6.45, 7) is 15.7. The van der Waals surface area contributed by atoms with Gasteiger partial charge in [0, 0.05) is 18.6 Å². The molecule has 19 heavy (non-hydrogen) atoms. The van der Waals surface area contributed by atoms with Gasteiger partial charge >= 0.3 is 0 Å². The molecule has 0 radical (unpaired) electrons. The van der Waals surface area contributed by atoms with Gasteiger partial charge in [-0.3, -0.25) is 4.90 Å². The van der Waals surface area contributed by atoms with Gasteiger partial charge in [-0.25, -0.2) is 0 Å². The van der Waals surface area contributed by atoms with E-state index in [0.717, 1.165) is 24.4 Å². The molecule has 2 aliphatic rings. The lowest BCUT2D eigenvalue weighted by molar-refractivity contribution is 0.0593. The molecule has 3 unspecified atom stereocenters. The lowest BCUT2D eigenvalue weighted by Crippen LogP contribution is -2.58. The van der Waals surface area contributed by atoms with Gasteiger partial charge in [0.25, 0.3) is 0 Å². The van der Waals surface area contributed by atoms with E-state index in [4.69, 9.17) is 0 Å². The summed E-state index contributed by atoms with van der Waals surface area (Å²) < 4.78 is 0. The third-order valence-corrected chi connectivity index (χ3v) is 5.64. The Balaban J connectivity index is 2.05. The molecule has 0 amide bonds. The summed E-state index contributed by atoms with van der Waals surface area (Å²) in [7, 11) is 0. The summed E-state index contributed by atoms with van der Waals surface area (Å²) in [5.41, 5.74) is 0.453. The van der Waals surface area contributed by atoms with Gasteiger partial charge in [-0.1, -0.05) is 41.0 Å². The molecule has 1 N–H and O–H groups in total. The Hall–Kier alpha value is -0.0800. The second-order valence-corrected chi connectivity index (χ2v) is 7.77. The van der Waals surface area contributed by atoms with E-state index in [0.29, 0.717) is 11.5 Å². The van der Waals surface area contributed by atoms with E-state index in [1.807, 2.05) is 0 Å². The fraction of sp³-hybridized carbons (Fsp3) is 1.00. The predicted octanol–water partition coefficient (Wildman–Crippen LogP) is 3.52. The van der Waals surface area contributed by atoms with Crippen molar-refractivity contribution < 1.29 is 0 Å². The summed E-state index contributed by atoms with van der Waals surface area (Å²) in [5, 5.41) is 3.80. The Morgan fingerprint density at radius 3 is 2.58 bits per heavy atom. The van der Waals surface area contributed by atoms with Crippen LogP contribution in [0.2, 0.25) is 0 Å². The van der Waals surface area contributed by atoms with E-state index in [2.05, 4.69) is 44.8 Å². The molecule has 2 nitrogen and oxygen atoms in total. The first kappa shape index (κ1) is 15.3. The van der Waals surface area contributed by atoms with Crippen LogP contribution < -0.4 is 5.32 Å². The van der Waals surface area contributed by atoms with Crippen LogP contribution in [0.15, 0.2) is 0 Å². The van der Waals surface area contributed by atoms with Gasteiger partial charge in [-0.2, -0.15) is 0 Å². The quantitative estimate of drug-likeness (QED) is 0.837. The molecule has 0 spiro atoms. The van der Waals surface area contributed by atoms with E-state index in [1.165, 1.54) is 38.8 Å². The van der Waals surface area contributed by atoms with E-state index in [1.54, 1.807) is 0 Å². The van der Waals surface area contributed by atoms with Crippen molar-refractivity contribution in [3.8, 4) is 0 Å². The van der Waals surface area contributed by atoms with Gasteiger partial charge in [0.2, 0.25) is 0 Å². The molecule has 3 atom stereocenters. The van der Waals surface area contributed by atoms with Gasteiger partial charge in [0.05, 0.1) is 0 Å². The SMILES string of the molecule is CCNC1C(N2CCC(C(C)C)C2)CCCC1(C)C. The number of nitrogens with zero attached hydrogens (tertiary/aromatic N) is 1. The number of hydrogen-bond acceptors (Lipinski definition) is 2. The molecule has 0 bridgehead atoms. The molecule has 1 aliphatic heterocycles. The van der Waals surface area contributed by atoms with Crippen molar-refractivity contribution in [3.05, 3.63) is 0 Å². The average Bonchev–Trinajstić information content (AvgIpc) is 2.81. The van der Waals surface area contributed by atoms with Crippen molar-refractivity contribution in [1.82, 2.24) is 10.2 Å². The van der Waals surface area contributed by atoms with E-state index >= 15 is 0 Å². The van der Waals surface area contributed by atoms with E-state index in [-0.39, 0.29) is 0 Å². The minimum absolute atomic E-state index is 0.453. The van der Waals surface area contributed by atoms with Crippen LogP contribution in [-0.2, 0) is 0 Å². The zero-order valence-corrected chi connectivity index (χ0v) is 13.7. The highest BCUT2D eigenvalue weighted by Gasteiger charge is 2.42. The molecule has 1 saturated heterocycles. The standard InChI is InChI=1S/C17H34N2/c1-6-18-16-15(8-7-10-17(16,4)5)19-11-9-14(12-19)13(2)3/h13-16,18H,6-12H2,1-5H3. The molecular weight excluding hydrogens is 232 g/mol. The summed E-state index contributed by atoms with van der Waals surface area (Å²) >= 11 is 0. The average molecular weight is 266 g/mol. The second kappa shape index (κ2) is 6.13. The van der Waals surface area contributed by atoms with Crippen LogP contribution in [-0.4, -0.2) is 36.6 Å². The molecular formula is C17H34N2. The molecule has 0 aromatic carbocycles. The van der Waals surface area contributed by atoms with Gasteiger partial charge in [0.1, 0.15) is 0 Å². The highest BCUT2D eigenvalue weighted by Crippen LogP contribution is 2.39. The maximum absolute atomic E-state index is 3.80. The smallest absolute Gasteiger partial charge is 0.0274 e. The summed E-state index contributed by atoms with van der Waals surface area (Å²) in [4.78, 5) is 2.80. The third kappa shape index (κ3) is 3.33. The van der Waals surface area contributed by atoms with Crippen molar-refractivity contribution in [2.24, 2.45) is 17.3 Å². The van der Waals surface area contributed by atoms with Gasteiger partial charge in [0.15, 0.2) is 0 Å². The molecule has 2 rings (SSSR count). The fourth-order valence-electron chi connectivity index (χ4n) is 4.30. The maximum atomic E-state index is 3.80. The van der Waals surface area contributed by atoms with Crippen molar-refractivity contribution in [2.45, 2.75) is 72.4 Å². The van der Waals surface area contributed by atoms with Crippen LogP contribution in [0, 0.1) is 17.3 Å². The molecule has 2 fully saturated rings. The summed E-state index contributed by atoms with van der Waals surface area (Å²) in [6, 6.07) is 1.45. The first-order valence-electron chi connectivity index (χ1n) is 8.43.